The van der Waals surface area contributed by atoms with Crippen LogP contribution in [0.1, 0.15) is 11.6 Å². The van der Waals surface area contributed by atoms with Crippen molar-refractivity contribution < 1.29 is 14.9 Å². The highest BCUT2D eigenvalue weighted by Gasteiger charge is 2.22. The zero-order chi connectivity index (χ0) is 20.2. The second-order valence-corrected chi connectivity index (χ2v) is 6.71. The Morgan fingerprint density at radius 1 is 0.931 bits per heavy atom. The van der Waals surface area contributed by atoms with Gasteiger partial charge in [-0.3, -0.25) is 0 Å². The molecule has 5 heteroatoms. The Morgan fingerprint density at radius 3 is 2.28 bits per heavy atom. The lowest BCUT2D eigenvalue weighted by atomic mass is 10.0. The summed E-state index contributed by atoms with van der Waals surface area (Å²) in [4.78, 5) is 4.68. The number of aliphatic hydroxyl groups is 1. The zero-order valence-electron chi connectivity index (χ0n) is 16.1. The molecule has 0 spiro atoms. The lowest BCUT2D eigenvalue weighted by Crippen LogP contribution is -2.15. The number of rotatable bonds is 6. The van der Waals surface area contributed by atoms with Crippen molar-refractivity contribution in [2.24, 2.45) is 0 Å². The lowest BCUT2D eigenvalue weighted by molar-refractivity contribution is 0.250. The second kappa shape index (κ2) is 8.20. The average molecular weight is 386 g/mol. The third-order valence-electron chi connectivity index (χ3n) is 4.99. The fourth-order valence-electron chi connectivity index (χ4n) is 3.54. The molecule has 29 heavy (non-hydrogen) atoms. The van der Waals surface area contributed by atoms with E-state index in [-0.39, 0.29) is 18.4 Å². The zero-order valence-corrected chi connectivity index (χ0v) is 16.1. The van der Waals surface area contributed by atoms with E-state index in [1.54, 1.807) is 18.5 Å². The van der Waals surface area contributed by atoms with Crippen LogP contribution in [0.25, 0.3) is 22.5 Å². The van der Waals surface area contributed by atoms with Gasteiger partial charge >= 0.3 is 0 Å². The van der Waals surface area contributed by atoms with Gasteiger partial charge in [0.15, 0.2) is 11.5 Å². The summed E-state index contributed by atoms with van der Waals surface area (Å²) in [6, 6.07) is 24.7. The molecule has 0 fully saturated rings. The predicted octanol–water partition coefficient (Wildman–Crippen LogP) is 4.51. The van der Waals surface area contributed by atoms with Crippen LogP contribution in [-0.2, 0) is 0 Å². The summed E-state index contributed by atoms with van der Waals surface area (Å²) in [5.41, 5.74) is 4.44. The number of phenolic OH excluding ortho intramolecular Hbond substituents is 1. The SMILES string of the molecule is COc1cc(-c2c(-c3ccccc3)ncn2[C@H](CO)c2ccccc2)ccc1O. The Balaban J connectivity index is 1.94. The van der Waals surface area contributed by atoms with Gasteiger partial charge in [0.1, 0.15) is 0 Å². The first-order valence-electron chi connectivity index (χ1n) is 9.38. The van der Waals surface area contributed by atoms with Gasteiger partial charge in [0, 0.05) is 11.1 Å². The van der Waals surface area contributed by atoms with E-state index in [2.05, 4.69) is 4.98 Å². The first-order chi connectivity index (χ1) is 14.2. The van der Waals surface area contributed by atoms with E-state index in [1.165, 1.54) is 7.11 Å². The molecule has 0 radical (unpaired) electrons. The van der Waals surface area contributed by atoms with Gasteiger partial charge in [-0.15, -0.1) is 0 Å². The number of aromatic hydroxyl groups is 1. The van der Waals surface area contributed by atoms with Crippen LogP contribution in [0.4, 0.5) is 0 Å². The van der Waals surface area contributed by atoms with Crippen molar-refractivity contribution in [3.05, 3.63) is 90.8 Å². The summed E-state index contributed by atoms with van der Waals surface area (Å²) in [6.07, 6.45) is 1.75. The molecule has 0 unspecified atom stereocenters. The lowest BCUT2D eigenvalue weighted by Gasteiger charge is -2.20. The Labute approximate surface area is 169 Å². The molecule has 2 N–H and O–H groups in total. The van der Waals surface area contributed by atoms with Crippen molar-refractivity contribution in [1.82, 2.24) is 9.55 Å². The molecule has 1 heterocycles. The van der Waals surface area contributed by atoms with E-state index in [1.807, 2.05) is 71.3 Å². The van der Waals surface area contributed by atoms with Gasteiger partial charge in [0.05, 0.1) is 37.5 Å². The molecule has 4 aromatic rings. The molecule has 0 amide bonds. The van der Waals surface area contributed by atoms with Crippen LogP contribution in [0.5, 0.6) is 11.5 Å². The van der Waals surface area contributed by atoms with Crippen LogP contribution < -0.4 is 4.74 Å². The Morgan fingerprint density at radius 2 is 1.62 bits per heavy atom. The van der Waals surface area contributed by atoms with Crippen molar-refractivity contribution in [3.63, 3.8) is 0 Å². The maximum Gasteiger partial charge on any atom is 0.161 e. The topological polar surface area (TPSA) is 67.5 Å². The quantitative estimate of drug-likeness (QED) is 0.512. The largest absolute Gasteiger partial charge is 0.504 e. The third-order valence-corrected chi connectivity index (χ3v) is 4.99. The number of ether oxygens (including phenoxy) is 1. The molecule has 4 rings (SSSR count). The van der Waals surface area contributed by atoms with Gasteiger partial charge in [-0.1, -0.05) is 60.7 Å². The molecule has 0 aliphatic heterocycles. The van der Waals surface area contributed by atoms with E-state index in [4.69, 9.17) is 4.74 Å². The Bertz CT molecular complexity index is 1090. The van der Waals surface area contributed by atoms with Gasteiger partial charge in [-0.25, -0.2) is 4.98 Å². The van der Waals surface area contributed by atoms with Crippen molar-refractivity contribution >= 4 is 0 Å². The fourth-order valence-corrected chi connectivity index (χ4v) is 3.54. The number of methoxy groups -OCH3 is 1. The third kappa shape index (κ3) is 3.60. The van der Waals surface area contributed by atoms with E-state index < -0.39 is 0 Å². The van der Waals surface area contributed by atoms with Crippen molar-refractivity contribution in [2.75, 3.05) is 13.7 Å². The molecule has 0 saturated carbocycles. The first kappa shape index (κ1) is 18.8. The Hall–Kier alpha value is -3.57. The molecule has 5 nitrogen and oxygen atoms in total. The van der Waals surface area contributed by atoms with Crippen LogP contribution in [0.2, 0.25) is 0 Å². The fraction of sp³-hybridized carbons (Fsp3) is 0.125. The summed E-state index contributed by atoms with van der Waals surface area (Å²) >= 11 is 0. The predicted molar refractivity (Wildman–Crippen MR) is 113 cm³/mol. The maximum atomic E-state index is 10.2. The number of nitrogens with zero attached hydrogens (tertiary/aromatic N) is 2. The normalized spacial score (nSPS) is 11.9. The Kier molecular flexibility index (Phi) is 5.31. The molecule has 0 aliphatic rings. The van der Waals surface area contributed by atoms with Crippen molar-refractivity contribution in [1.29, 1.82) is 0 Å². The van der Waals surface area contributed by atoms with Gasteiger partial charge < -0.3 is 19.5 Å². The summed E-state index contributed by atoms with van der Waals surface area (Å²) in [5, 5.41) is 20.2. The number of aliphatic hydroxyl groups excluding tert-OH is 1. The molecule has 3 aromatic carbocycles. The van der Waals surface area contributed by atoms with Gasteiger partial charge in [-0.2, -0.15) is 0 Å². The second-order valence-electron chi connectivity index (χ2n) is 6.71. The maximum absolute atomic E-state index is 10.2. The molecule has 146 valence electrons. The molecule has 0 aliphatic carbocycles. The number of aromatic nitrogens is 2. The molecule has 1 aromatic heterocycles. The summed E-state index contributed by atoms with van der Waals surface area (Å²) in [6.45, 7) is -0.0726. The van der Waals surface area contributed by atoms with Crippen LogP contribution in [0.3, 0.4) is 0 Å². The number of hydrogen-bond acceptors (Lipinski definition) is 4. The van der Waals surface area contributed by atoms with Gasteiger partial charge in [0.25, 0.3) is 0 Å². The van der Waals surface area contributed by atoms with Crippen molar-refractivity contribution in [3.8, 4) is 34.0 Å². The highest BCUT2D eigenvalue weighted by atomic mass is 16.5. The first-order valence-corrected chi connectivity index (χ1v) is 9.38. The van der Waals surface area contributed by atoms with Crippen LogP contribution in [0, 0.1) is 0 Å². The highest BCUT2D eigenvalue weighted by Crippen LogP contribution is 2.38. The van der Waals surface area contributed by atoms with Gasteiger partial charge in [0.2, 0.25) is 0 Å². The minimum Gasteiger partial charge on any atom is -0.504 e. The van der Waals surface area contributed by atoms with E-state index in [0.29, 0.717) is 5.75 Å². The monoisotopic (exact) mass is 386 g/mol. The van der Waals surface area contributed by atoms with E-state index >= 15 is 0 Å². The van der Waals surface area contributed by atoms with Crippen LogP contribution >= 0.6 is 0 Å². The minimum absolute atomic E-state index is 0.0726. The molecule has 0 saturated heterocycles. The molecule has 1 atom stereocenters. The van der Waals surface area contributed by atoms with Crippen molar-refractivity contribution in [2.45, 2.75) is 6.04 Å². The summed E-state index contributed by atoms with van der Waals surface area (Å²) in [7, 11) is 1.52. The molecular formula is C24H22N2O3. The highest BCUT2D eigenvalue weighted by molar-refractivity contribution is 5.80. The number of benzene rings is 3. The number of phenols is 1. The molecular weight excluding hydrogens is 364 g/mol. The van der Waals surface area contributed by atoms with Crippen LogP contribution in [-0.4, -0.2) is 33.5 Å². The number of imidazole rings is 1. The molecule has 0 bridgehead atoms. The van der Waals surface area contributed by atoms with Crippen LogP contribution in [0.15, 0.2) is 85.2 Å². The van der Waals surface area contributed by atoms with E-state index in [9.17, 15) is 10.2 Å². The summed E-state index contributed by atoms with van der Waals surface area (Å²) < 4.78 is 7.29. The minimum atomic E-state index is -0.295. The average Bonchev–Trinajstić information content (AvgIpc) is 3.21. The summed E-state index contributed by atoms with van der Waals surface area (Å²) in [5.74, 6) is 0.458. The standard InChI is InChI=1S/C24H22N2O3/c1-29-22-14-19(12-13-21(22)28)24-23(18-10-6-3-7-11-18)25-16-26(24)20(15-27)17-8-4-2-5-9-17/h2-14,16,20,27-28H,15H2,1H3/t20-/m1/s1. The van der Waals surface area contributed by atoms with Gasteiger partial charge in [-0.05, 0) is 23.8 Å². The van der Waals surface area contributed by atoms with E-state index in [0.717, 1.165) is 28.1 Å². The number of hydrogen-bond donors (Lipinski definition) is 2. The smallest absolute Gasteiger partial charge is 0.161 e.